The van der Waals surface area contributed by atoms with Crippen LogP contribution in [0.3, 0.4) is 0 Å². The van der Waals surface area contributed by atoms with Gasteiger partial charge < -0.3 is 9.84 Å². The summed E-state index contributed by atoms with van der Waals surface area (Å²) < 4.78 is 7.10. The van der Waals surface area contributed by atoms with Crippen LogP contribution in [0.25, 0.3) is 0 Å². The van der Waals surface area contributed by atoms with Crippen molar-refractivity contribution in [1.82, 2.24) is 25.2 Å². The first-order valence-corrected chi connectivity index (χ1v) is 6.82. The molecule has 6 heteroatoms. The van der Waals surface area contributed by atoms with Crippen molar-refractivity contribution in [3.05, 3.63) is 29.2 Å². The molecule has 0 aliphatic carbocycles. The summed E-state index contributed by atoms with van der Waals surface area (Å²) >= 11 is 0. The molecule has 102 valence electrons. The fourth-order valence-electron chi connectivity index (χ4n) is 2.43. The molecule has 1 aliphatic rings. The summed E-state index contributed by atoms with van der Waals surface area (Å²) in [5.41, 5.74) is 0.955. The van der Waals surface area contributed by atoms with Gasteiger partial charge in [-0.1, -0.05) is 12.1 Å². The molecule has 3 rings (SSSR count). The number of nitrogens with zero attached hydrogens (tertiary/aromatic N) is 4. The lowest BCUT2D eigenvalue weighted by molar-refractivity contribution is 0.347. The molecule has 6 nitrogen and oxygen atoms in total. The minimum atomic E-state index is 0.427. The molecule has 19 heavy (non-hydrogen) atoms. The van der Waals surface area contributed by atoms with Crippen LogP contribution in [0, 0.1) is 6.92 Å². The second kappa shape index (κ2) is 5.13. The van der Waals surface area contributed by atoms with Crippen LogP contribution in [0.2, 0.25) is 0 Å². The molecule has 0 saturated carbocycles. The Balaban J connectivity index is 1.59. The Hall–Kier alpha value is -1.69. The predicted octanol–water partition coefficient (Wildman–Crippen LogP) is 1.24. The van der Waals surface area contributed by atoms with E-state index in [9.17, 15) is 0 Å². The van der Waals surface area contributed by atoms with Gasteiger partial charge in [-0.25, -0.2) is 9.67 Å². The third-order valence-electron chi connectivity index (χ3n) is 3.47. The number of hydrogen-bond donors (Lipinski definition) is 1. The van der Waals surface area contributed by atoms with Crippen LogP contribution in [0.5, 0.6) is 0 Å². The van der Waals surface area contributed by atoms with Gasteiger partial charge in [0.15, 0.2) is 5.82 Å². The van der Waals surface area contributed by atoms with E-state index in [2.05, 4.69) is 27.5 Å². The zero-order chi connectivity index (χ0) is 13.2. The van der Waals surface area contributed by atoms with Gasteiger partial charge >= 0.3 is 0 Å². The summed E-state index contributed by atoms with van der Waals surface area (Å²) in [5, 5.41) is 12.0. The third-order valence-corrected chi connectivity index (χ3v) is 3.47. The molecule has 3 heterocycles. The van der Waals surface area contributed by atoms with E-state index in [0.29, 0.717) is 6.04 Å². The van der Waals surface area contributed by atoms with Gasteiger partial charge in [-0.05, 0) is 13.3 Å². The predicted molar refractivity (Wildman–Crippen MR) is 69.6 cm³/mol. The fourth-order valence-corrected chi connectivity index (χ4v) is 2.43. The largest absolute Gasteiger partial charge is 0.361 e. The van der Waals surface area contributed by atoms with Crippen molar-refractivity contribution in [1.29, 1.82) is 0 Å². The lowest BCUT2D eigenvalue weighted by Gasteiger charge is -2.23. The number of fused-ring (bicyclic) bond motifs is 1. The maximum Gasteiger partial charge on any atom is 0.150 e. The Kier molecular flexibility index (Phi) is 3.33. The number of hydrogen-bond acceptors (Lipinski definition) is 5. The average Bonchev–Trinajstić information content (AvgIpc) is 3.01. The molecule has 2 aromatic heterocycles. The van der Waals surface area contributed by atoms with E-state index in [1.807, 2.05) is 17.7 Å². The highest BCUT2D eigenvalue weighted by atomic mass is 16.5. The van der Waals surface area contributed by atoms with Crippen LogP contribution < -0.4 is 5.32 Å². The SMILES string of the molecule is CCc1nc2n(n1)CC(NCc1cc(C)on1)CC2. The van der Waals surface area contributed by atoms with Gasteiger partial charge in [0.05, 0.1) is 12.2 Å². The van der Waals surface area contributed by atoms with Gasteiger partial charge in [0.2, 0.25) is 0 Å². The smallest absolute Gasteiger partial charge is 0.150 e. The van der Waals surface area contributed by atoms with Crippen LogP contribution >= 0.6 is 0 Å². The van der Waals surface area contributed by atoms with Gasteiger partial charge in [0.1, 0.15) is 11.6 Å². The normalized spacial score (nSPS) is 18.5. The van der Waals surface area contributed by atoms with Crippen molar-refractivity contribution in [3.8, 4) is 0 Å². The molecule has 1 aliphatic heterocycles. The Labute approximate surface area is 112 Å². The summed E-state index contributed by atoms with van der Waals surface area (Å²) in [7, 11) is 0. The van der Waals surface area contributed by atoms with Crippen LogP contribution in [0.4, 0.5) is 0 Å². The highest BCUT2D eigenvalue weighted by Crippen LogP contribution is 2.14. The maximum atomic E-state index is 5.06. The summed E-state index contributed by atoms with van der Waals surface area (Å²) in [5.74, 6) is 2.92. The molecule has 0 bridgehead atoms. The van der Waals surface area contributed by atoms with Crippen molar-refractivity contribution in [2.24, 2.45) is 0 Å². The van der Waals surface area contributed by atoms with Gasteiger partial charge in [-0.15, -0.1) is 0 Å². The molecular formula is C13H19N5O. The van der Waals surface area contributed by atoms with Gasteiger partial charge in [0, 0.05) is 31.5 Å². The first-order chi connectivity index (χ1) is 9.24. The first kappa shape index (κ1) is 12.3. The lowest BCUT2D eigenvalue weighted by Crippen LogP contribution is -2.37. The fraction of sp³-hybridized carbons (Fsp3) is 0.615. The van der Waals surface area contributed by atoms with E-state index in [0.717, 1.165) is 55.5 Å². The second-order valence-corrected chi connectivity index (χ2v) is 5.03. The standard InChI is InChI=1S/C13H19N5O/c1-3-12-15-13-5-4-10(8-18(13)16-12)14-7-11-6-9(2)19-17-11/h6,10,14H,3-5,7-8H2,1-2H3. The van der Waals surface area contributed by atoms with Crippen LogP contribution in [0.15, 0.2) is 10.6 Å². The van der Waals surface area contributed by atoms with E-state index in [1.54, 1.807) is 0 Å². The maximum absolute atomic E-state index is 5.06. The topological polar surface area (TPSA) is 68.8 Å². The van der Waals surface area contributed by atoms with E-state index in [-0.39, 0.29) is 0 Å². The minimum absolute atomic E-state index is 0.427. The second-order valence-electron chi connectivity index (χ2n) is 5.03. The quantitative estimate of drug-likeness (QED) is 0.896. The van der Waals surface area contributed by atoms with E-state index in [4.69, 9.17) is 4.52 Å². The molecule has 2 aromatic rings. The molecule has 1 atom stereocenters. The lowest BCUT2D eigenvalue weighted by atomic mass is 10.1. The molecule has 0 spiro atoms. The van der Waals surface area contributed by atoms with Gasteiger partial charge in [0.25, 0.3) is 0 Å². The van der Waals surface area contributed by atoms with Gasteiger partial charge in [-0.2, -0.15) is 5.10 Å². The van der Waals surface area contributed by atoms with Gasteiger partial charge in [-0.3, -0.25) is 0 Å². The molecule has 1 N–H and O–H groups in total. The molecule has 0 fully saturated rings. The van der Waals surface area contributed by atoms with Crippen molar-refractivity contribution in [3.63, 3.8) is 0 Å². The molecule has 1 unspecified atom stereocenters. The zero-order valence-corrected chi connectivity index (χ0v) is 11.4. The number of rotatable bonds is 4. The van der Waals surface area contributed by atoms with Crippen molar-refractivity contribution < 1.29 is 4.52 Å². The van der Waals surface area contributed by atoms with Crippen LogP contribution in [0.1, 0.15) is 36.4 Å². The highest BCUT2D eigenvalue weighted by Gasteiger charge is 2.21. The Morgan fingerprint density at radius 1 is 1.53 bits per heavy atom. The molecule has 0 amide bonds. The van der Waals surface area contributed by atoms with Crippen LogP contribution in [-0.4, -0.2) is 26.0 Å². The van der Waals surface area contributed by atoms with E-state index in [1.165, 1.54) is 0 Å². The highest BCUT2D eigenvalue weighted by molar-refractivity contribution is 5.04. The molecule has 0 saturated heterocycles. The van der Waals surface area contributed by atoms with E-state index < -0.39 is 0 Å². The number of aryl methyl sites for hydroxylation is 3. The summed E-state index contributed by atoms with van der Waals surface area (Å²) in [4.78, 5) is 4.52. The van der Waals surface area contributed by atoms with Crippen molar-refractivity contribution in [2.45, 2.75) is 52.2 Å². The molecular weight excluding hydrogens is 242 g/mol. The monoisotopic (exact) mass is 261 g/mol. The summed E-state index contributed by atoms with van der Waals surface area (Å²) in [6.07, 6.45) is 2.98. The van der Waals surface area contributed by atoms with E-state index >= 15 is 0 Å². The average molecular weight is 261 g/mol. The Morgan fingerprint density at radius 3 is 3.16 bits per heavy atom. The summed E-state index contributed by atoms with van der Waals surface area (Å²) in [6, 6.07) is 2.39. The Bertz CT molecular complexity index is 559. The van der Waals surface area contributed by atoms with Crippen molar-refractivity contribution in [2.75, 3.05) is 0 Å². The summed E-state index contributed by atoms with van der Waals surface area (Å²) in [6.45, 7) is 5.63. The Morgan fingerprint density at radius 2 is 2.42 bits per heavy atom. The number of aromatic nitrogens is 4. The van der Waals surface area contributed by atoms with Crippen LogP contribution in [-0.2, 0) is 25.9 Å². The minimum Gasteiger partial charge on any atom is -0.361 e. The van der Waals surface area contributed by atoms with Crippen molar-refractivity contribution >= 4 is 0 Å². The molecule has 0 aromatic carbocycles. The zero-order valence-electron chi connectivity index (χ0n) is 11.4. The molecule has 0 radical (unpaired) electrons. The third kappa shape index (κ3) is 2.68. The number of nitrogens with one attached hydrogen (secondary N) is 1. The first-order valence-electron chi connectivity index (χ1n) is 6.82.